The van der Waals surface area contributed by atoms with Gasteiger partial charge in [0.1, 0.15) is 11.4 Å². The summed E-state index contributed by atoms with van der Waals surface area (Å²) in [5, 5.41) is 9.33. The van der Waals surface area contributed by atoms with Crippen LogP contribution in [0.4, 0.5) is 4.79 Å². The van der Waals surface area contributed by atoms with Crippen molar-refractivity contribution in [3.05, 3.63) is 62.5 Å². The van der Waals surface area contributed by atoms with Crippen LogP contribution in [0.5, 0.6) is 0 Å². The van der Waals surface area contributed by atoms with Crippen molar-refractivity contribution in [1.29, 1.82) is 0 Å². The Labute approximate surface area is 150 Å². The van der Waals surface area contributed by atoms with Gasteiger partial charge in [-0.2, -0.15) is 0 Å². The molecule has 0 bridgehead atoms. The maximum atomic E-state index is 12.3. The number of thiophene rings is 1. The van der Waals surface area contributed by atoms with E-state index in [1.54, 1.807) is 0 Å². The van der Waals surface area contributed by atoms with Crippen molar-refractivity contribution < 1.29 is 19.4 Å². The summed E-state index contributed by atoms with van der Waals surface area (Å²) in [7, 11) is 0. The molecule has 0 fully saturated rings. The van der Waals surface area contributed by atoms with E-state index in [0.717, 1.165) is 10.4 Å². The molecule has 0 atom stereocenters. The molecule has 3 aromatic rings. The lowest BCUT2D eigenvalue weighted by Crippen LogP contribution is -2.26. The van der Waals surface area contributed by atoms with Gasteiger partial charge in [0.2, 0.25) is 5.82 Å². The predicted molar refractivity (Wildman–Crippen MR) is 93.1 cm³/mol. The Morgan fingerprint density at radius 2 is 2.04 bits per heavy atom. The Balaban J connectivity index is 1.53. The van der Waals surface area contributed by atoms with Crippen molar-refractivity contribution in [2.24, 2.45) is 0 Å². The average molecular weight is 371 g/mol. The second kappa shape index (κ2) is 6.26. The number of aromatic nitrogens is 2. The van der Waals surface area contributed by atoms with Crippen molar-refractivity contribution in [3.8, 4) is 0 Å². The first-order valence-electron chi connectivity index (χ1n) is 7.76. The number of fused-ring (bicyclic) bond motifs is 3. The summed E-state index contributed by atoms with van der Waals surface area (Å²) >= 11 is 1.22. The molecule has 0 aliphatic carbocycles. The number of nitrogens with one attached hydrogen (secondary N) is 1. The number of aromatic amines is 1. The molecule has 0 saturated heterocycles. The summed E-state index contributed by atoms with van der Waals surface area (Å²) in [6, 6.07) is 9.36. The van der Waals surface area contributed by atoms with E-state index >= 15 is 0 Å². The number of nitrogens with zero attached hydrogens (tertiary/aromatic N) is 2. The van der Waals surface area contributed by atoms with Gasteiger partial charge in [-0.25, -0.2) is 14.6 Å². The molecule has 132 valence electrons. The molecular formula is C17H13N3O5S. The highest BCUT2D eigenvalue weighted by molar-refractivity contribution is 7.18. The van der Waals surface area contributed by atoms with Gasteiger partial charge in [-0.3, -0.25) is 9.69 Å². The molecule has 0 unspecified atom stereocenters. The second-order valence-electron chi connectivity index (χ2n) is 5.80. The SMILES string of the molecule is O=C(O)c1nc2sc3c(c2c(=O)[nH]1)CN(C(=O)OCc1ccccc1)C3. The smallest absolute Gasteiger partial charge is 0.410 e. The molecule has 1 amide bonds. The molecule has 2 aromatic heterocycles. The number of rotatable bonds is 3. The number of aromatic carboxylic acids is 1. The van der Waals surface area contributed by atoms with Crippen molar-refractivity contribution in [1.82, 2.24) is 14.9 Å². The Morgan fingerprint density at radius 3 is 2.77 bits per heavy atom. The number of benzene rings is 1. The van der Waals surface area contributed by atoms with E-state index in [2.05, 4.69) is 9.97 Å². The fourth-order valence-corrected chi connectivity index (χ4v) is 4.06. The van der Waals surface area contributed by atoms with Crippen LogP contribution in [-0.2, 0) is 24.4 Å². The van der Waals surface area contributed by atoms with Gasteiger partial charge in [0.15, 0.2) is 0 Å². The average Bonchev–Trinajstić information content (AvgIpc) is 3.18. The minimum atomic E-state index is -1.29. The van der Waals surface area contributed by atoms with Crippen molar-refractivity contribution in [2.75, 3.05) is 0 Å². The van der Waals surface area contributed by atoms with Crippen LogP contribution in [-0.4, -0.2) is 32.0 Å². The maximum absolute atomic E-state index is 12.3. The van der Waals surface area contributed by atoms with Gasteiger partial charge in [0, 0.05) is 10.4 Å². The Bertz CT molecular complexity index is 1070. The minimum absolute atomic E-state index is 0.175. The standard InChI is InChI=1S/C17H13N3O5S/c21-14-12-10-6-20(17(24)25-8-9-4-2-1-3-5-9)7-11(10)26-15(12)19-13(18-14)16(22)23/h1-5H,6-8H2,(H,22,23)(H,18,19,21). The molecule has 1 aromatic carbocycles. The molecule has 1 aliphatic heterocycles. The molecule has 26 heavy (non-hydrogen) atoms. The van der Waals surface area contributed by atoms with E-state index in [0.29, 0.717) is 22.3 Å². The number of hydrogen-bond donors (Lipinski definition) is 2. The van der Waals surface area contributed by atoms with E-state index in [-0.39, 0.29) is 19.0 Å². The zero-order valence-electron chi connectivity index (χ0n) is 13.4. The van der Waals surface area contributed by atoms with Crippen LogP contribution in [0.25, 0.3) is 10.2 Å². The highest BCUT2D eigenvalue weighted by atomic mass is 32.1. The lowest BCUT2D eigenvalue weighted by Gasteiger charge is -2.15. The van der Waals surface area contributed by atoms with Gasteiger partial charge >= 0.3 is 12.1 Å². The number of ether oxygens (including phenoxy) is 1. The van der Waals surface area contributed by atoms with Gasteiger partial charge in [-0.05, 0) is 5.56 Å². The van der Waals surface area contributed by atoms with Crippen LogP contribution in [0, 0.1) is 0 Å². The molecular weight excluding hydrogens is 358 g/mol. The molecule has 9 heteroatoms. The van der Waals surface area contributed by atoms with Crippen LogP contribution in [0.15, 0.2) is 35.1 Å². The number of carboxylic acids is 1. The van der Waals surface area contributed by atoms with Gasteiger partial charge in [-0.1, -0.05) is 30.3 Å². The Hall–Kier alpha value is -3.20. The summed E-state index contributed by atoms with van der Waals surface area (Å²) in [5.74, 6) is -1.68. The first-order valence-corrected chi connectivity index (χ1v) is 8.58. The third-order valence-corrected chi connectivity index (χ3v) is 5.20. The normalized spacial score (nSPS) is 13.0. The number of H-pyrrole nitrogens is 1. The van der Waals surface area contributed by atoms with Crippen LogP contribution in [0.3, 0.4) is 0 Å². The van der Waals surface area contributed by atoms with Gasteiger partial charge in [0.05, 0.1) is 18.5 Å². The van der Waals surface area contributed by atoms with Crippen molar-refractivity contribution >= 4 is 33.6 Å². The second-order valence-corrected chi connectivity index (χ2v) is 6.88. The predicted octanol–water partition coefficient (Wildman–Crippen LogP) is 2.34. The van der Waals surface area contributed by atoms with E-state index in [1.165, 1.54) is 16.2 Å². The number of carbonyl (C=O) groups excluding carboxylic acids is 1. The molecule has 4 rings (SSSR count). The van der Waals surface area contributed by atoms with E-state index < -0.39 is 17.6 Å². The molecule has 0 radical (unpaired) electrons. The first-order chi connectivity index (χ1) is 12.5. The third-order valence-electron chi connectivity index (χ3n) is 4.09. The Morgan fingerprint density at radius 1 is 1.27 bits per heavy atom. The van der Waals surface area contributed by atoms with Crippen LogP contribution in [0.1, 0.15) is 26.6 Å². The van der Waals surface area contributed by atoms with Crippen LogP contribution >= 0.6 is 11.3 Å². The Kier molecular flexibility index (Phi) is 3.92. The quantitative estimate of drug-likeness (QED) is 0.731. The topological polar surface area (TPSA) is 113 Å². The fraction of sp³-hybridized carbons (Fsp3) is 0.176. The highest BCUT2D eigenvalue weighted by Gasteiger charge is 2.30. The van der Waals surface area contributed by atoms with Gasteiger partial charge in [-0.15, -0.1) is 11.3 Å². The number of hydrogen-bond acceptors (Lipinski definition) is 6. The largest absolute Gasteiger partial charge is 0.475 e. The first kappa shape index (κ1) is 16.3. The van der Waals surface area contributed by atoms with E-state index in [1.807, 2.05) is 30.3 Å². The molecule has 2 N–H and O–H groups in total. The minimum Gasteiger partial charge on any atom is -0.475 e. The lowest BCUT2D eigenvalue weighted by molar-refractivity contribution is 0.0683. The van der Waals surface area contributed by atoms with Crippen LogP contribution in [0.2, 0.25) is 0 Å². The van der Waals surface area contributed by atoms with Gasteiger partial charge < -0.3 is 14.8 Å². The molecule has 1 aliphatic rings. The summed E-state index contributed by atoms with van der Waals surface area (Å²) in [6.07, 6.45) is -0.461. The fourth-order valence-electron chi connectivity index (χ4n) is 2.87. The molecule has 0 saturated carbocycles. The zero-order valence-corrected chi connectivity index (χ0v) is 14.2. The molecule has 8 nitrogen and oxygen atoms in total. The summed E-state index contributed by atoms with van der Waals surface area (Å²) in [5.41, 5.74) is 1.08. The third kappa shape index (κ3) is 2.82. The lowest BCUT2D eigenvalue weighted by atomic mass is 10.2. The number of amides is 1. The van der Waals surface area contributed by atoms with Crippen molar-refractivity contribution in [3.63, 3.8) is 0 Å². The summed E-state index contributed by atoms with van der Waals surface area (Å²) in [6.45, 7) is 0.723. The van der Waals surface area contributed by atoms with E-state index in [9.17, 15) is 14.4 Å². The van der Waals surface area contributed by atoms with Gasteiger partial charge in [0.25, 0.3) is 5.56 Å². The maximum Gasteiger partial charge on any atom is 0.410 e. The highest BCUT2D eigenvalue weighted by Crippen LogP contribution is 2.35. The number of carboxylic acid groups (broad SMARTS) is 1. The van der Waals surface area contributed by atoms with Crippen LogP contribution < -0.4 is 5.56 Å². The summed E-state index contributed by atoms with van der Waals surface area (Å²) < 4.78 is 5.32. The van der Waals surface area contributed by atoms with Crippen molar-refractivity contribution in [2.45, 2.75) is 19.7 Å². The molecule has 0 spiro atoms. The summed E-state index contributed by atoms with van der Waals surface area (Å²) in [4.78, 5) is 44.4. The molecule has 3 heterocycles. The zero-order chi connectivity index (χ0) is 18.3. The number of carbonyl (C=O) groups is 2. The monoisotopic (exact) mass is 371 g/mol. The van der Waals surface area contributed by atoms with E-state index in [4.69, 9.17) is 9.84 Å².